The normalized spacial score (nSPS) is 11.4. The van der Waals surface area contributed by atoms with Crippen LogP contribution in [0.15, 0.2) is 71.7 Å². The van der Waals surface area contributed by atoms with E-state index in [-0.39, 0.29) is 0 Å². The second-order valence-electron chi connectivity index (χ2n) is 6.67. The Balaban J connectivity index is 1.61. The quantitative estimate of drug-likeness (QED) is 0.312. The molecule has 0 aliphatic carbocycles. The average molecular weight is 486 g/mol. The van der Waals surface area contributed by atoms with Gasteiger partial charge in [-0.1, -0.05) is 52.7 Å². The highest BCUT2D eigenvalue weighted by Gasteiger charge is 2.10. The Kier molecular flexibility index (Phi) is 6.60. The number of hydrogen-bond donors (Lipinski definition) is 0. The first kappa shape index (κ1) is 22.1. The Morgan fingerprint density at radius 2 is 1.75 bits per heavy atom. The molecule has 32 heavy (non-hydrogen) atoms. The molecule has 1 aromatic heterocycles. The van der Waals surface area contributed by atoms with Crippen molar-refractivity contribution < 1.29 is 14.3 Å². The summed E-state index contributed by atoms with van der Waals surface area (Å²) in [6.07, 6.45) is 0. The smallest absolute Gasteiger partial charge is 0.337 e. The Morgan fingerprint density at radius 3 is 2.50 bits per heavy atom. The number of benzene rings is 3. The van der Waals surface area contributed by atoms with Crippen LogP contribution in [0, 0.1) is 0 Å². The van der Waals surface area contributed by atoms with Crippen LogP contribution in [0.5, 0.6) is 11.5 Å². The van der Waals surface area contributed by atoms with Crippen molar-refractivity contribution >= 4 is 46.2 Å². The van der Waals surface area contributed by atoms with Crippen molar-refractivity contribution in [3.63, 3.8) is 0 Å². The van der Waals surface area contributed by atoms with Gasteiger partial charge < -0.3 is 9.47 Å². The maximum Gasteiger partial charge on any atom is 0.337 e. The van der Waals surface area contributed by atoms with Crippen molar-refractivity contribution in [2.24, 2.45) is 12.0 Å². The molecule has 0 aliphatic rings. The fourth-order valence-corrected chi connectivity index (χ4v) is 4.06. The van der Waals surface area contributed by atoms with Gasteiger partial charge in [0.2, 0.25) is 4.80 Å². The molecule has 0 spiro atoms. The van der Waals surface area contributed by atoms with Crippen LogP contribution >= 0.6 is 34.5 Å². The van der Waals surface area contributed by atoms with Crippen molar-refractivity contribution in [3.8, 4) is 22.1 Å². The zero-order valence-electron chi connectivity index (χ0n) is 17.1. The van der Waals surface area contributed by atoms with E-state index in [2.05, 4.69) is 10.1 Å². The van der Waals surface area contributed by atoms with E-state index < -0.39 is 5.97 Å². The third kappa shape index (κ3) is 5.02. The van der Waals surface area contributed by atoms with Gasteiger partial charge in [0.1, 0.15) is 16.5 Å². The summed E-state index contributed by atoms with van der Waals surface area (Å²) < 4.78 is 12.4. The summed E-state index contributed by atoms with van der Waals surface area (Å²) in [7, 11) is 3.17. The summed E-state index contributed by atoms with van der Waals surface area (Å²) in [4.78, 5) is 17.1. The monoisotopic (exact) mass is 485 g/mol. The van der Waals surface area contributed by atoms with Gasteiger partial charge in [0.15, 0.2) is 0 Å². The maximum absolute atomic E-state index is 11.7. The second kappa shape index (κ2) is 9.56. The SMILES string of the molecule is COC(=O)c1cccc(Oc2cccc(-c3nn(C)/c(=N\c4ccc(Cl)c(Cl)c4)s3)c2)c1. The Morgan fingerprint density at radius 1 is 1.00 bits per heavy atom. The molecule has 4 rings (SSSR count). The fourth-order valence-electron chi connectivity index (χ4n) is 2.86. The molecule has 4 aromatic rings. The molecule has 0 radical (unpaired) electrons. The van der Waals surface area contributed by atoms with Crippen molar-refractivity contribution in [1.29, 1.82) is 0 Å². The third-order valence-electron chi connectivity index (χ3n) is 4.41. The molecule has 0 fully saturated rings. The maximum atomic E-state index is 11.7. The molecule has 6 nitrogen and oxygen atoms in total. The van der Waals surface area contributed by atoms with E-state index in [9.17, 15) is 4.79 Å². The molecule has 0 bridgehead atoms. The zero-order chi connectivity index (χ0) is 22.7. The van der Waals surface area contributed by atoms with E-state index in [4.69, 9.17) is 32.7 Å². The van der Waals surface area contributed by atoms with Gasteiger partial charge in [-0.25, -0.2) is 14.5 Å². The number of aromatic nitrogens is 2. The van der Waals surface area contributed by atoms with Crippen molar-refractivity contribution in [1.82, 2.24) is 9.78 Å². The Labute approximate surface area is 198 Å². The van der Waals surface area contributed by atoms with Crippen LogP contribution in [0.2, 0.25) is 10.0 Å². The van der Waals surface area contributed by atoms with Gasteiger partial charge in [-0.15, -0.1) is 0 Å². The summed E-state index contributed by atoms with van der Waals surface area (Å²) in [6.45, 7) is 0. The van der Waals surface area contributed by atoms with Crippen LogP contribution in [0.4, 0.5) is 5.69 Å². The van der Waals surface area contributed by atoms with E-state index in [1.54, 1.807) is 47.1 Å². The molecular formula is C23H17Cl2N3O3S. The average Bonchev–Trinajstić information content (AvgIpc) is 3.16. The lowest BCUT2D eigenvalue weighted by atomic mass is 10.2. The predicted octanol–water partition coefficient (Wildman–Crippen LogP) is 6.27. The summed E-state index contributed by atoms with van der Waals surface area (Å²) in [5.74, 6) is 0.730. The van der Waals surface area contributed by atoms with Crippen LogP contribution < -0.4 is 9.54 Å². The zero-order valence-corrected chi connectivity index (χ0v) is 19.4. The lowest BCUT2D eigenvalue weighted by Gasteiger charge is -2.08. The van der Waals surface area contributed by atoms with E-state index in [1.807, 2.05) is 31.3 Å². The van der Waals surface area contributed by atoms with Crippen molar-refractivity contribution in [2.75, 3.05) is 7.11 Å². The van der Waals surface area contributed by atoms with Gasteiger partial charge in [0, 0.05) is 12.6 Å². The highest BCUT2D eigenvalue weighted by Crippen LogP contribution is 2.29. The van der Waals surface area contributed by atoms with Crippen LogP contribution in [0.25, 0.3) is 10.6 Å². The second-order valence-corrected chi connectivity index (χ2v) is 8.44. The Hall–Kier alpha value is -3.13. The van der Waals surface area contributed by atoms with Crippen molar-refractivity contribution in [3.05, 3.63) is 87.1 Å². The molecule has 0 N–H and O–H groups in total. The topological polar surface area (TPSA) is 65.7 Å². The van der Waals surface area contributed by atoms with Gasteiger partial charge >= 0.3 is 5.97 Å². The number of aryl methyl sites for hydroxylation is 1. The van der Waals surface area contributed by atoms with Gasteiger partial charge in [-0.3, -0.25) is 0 Å². The Bertz CT molecular complexity index is 1360. The van der Waals surface area contributed by atoms with Gasteiger partial charge in [-0.05, 0) is 48.5 Å². The molecule has 0 amide bonds. The van der Waals surface area contributed by atoms with Crippen LogP contribution in [-0.2, 0) is 11.8 Å². The summed E-state index contributed by atoms with van der Waals surface area (Å²) >= 11 is 13.5. The number of halogens is 2. The highest BCUT2D eigenvalue weighted by molar-refractivity contribution is 7.12. The predicted molar refractivity (Wildman–Crippen MR) is 126 cm³/mol. The number of carbonyl (C=O) groups excluding carboxylic acids is 1. The molecule has 0 saturated heterocycles. The molecular weight excluding hydrogens is 469 g/mol. The molecule has 162 valence electrons. The molecule has 0 saturated carbocycles. The number of nitrogens with zero attached hydrogens (tertiary/aromatic N) is 3. The van der Waals surface area contributed by atoms with Gasteiger partial charge in [0.25, 0.3) is 0 Å². The standard InChI is InChI=1S/C23H17Cl2N3O3S/c1-28-23(26-16-9-10-19(24)20(25)13-16)32-21(27-28)14-5-3-7-17(11-14)31-18-8-4-6-15(12-18)22(29)30-2/h3-13H,1-2H3/b26-23+. The number of hydrogen-bond acceptors (Lipinski definition) is 6. The van der Waals surface area contributed by atoms with Crippen LogP contribution in [-0.4, -0.2) is 22.9 Å². The number of ether oxygens (including phenoxy) is 2. The minimum Gasteiger partial charge on any atom is -0.465 e. The molecule has 3 aromatic carbocycles. The first-order valence-electron chi connectivity index (χ1n) is 9.43. The largest absolute Gasteiger partial charge is 0.465 e. The third-order valence-corrected chi connectivity index (χ3v) is 6.19. The number of esters is 1. The van der Waals surface area contributed by atoms with E-state index in [0.29, 0.717) is 37.6 Å². The van der Waals surface area contributed by atoms with Gasteiger partial charge in [0.05, 0.1) is 28.4 Å². The van der Waals surface area contributed by atoms with Crippen molar-refractivity contribution in [2.45, 2.75) is 0 Å². The molecule has 0 aliphatic heterocycles. The van der Waals surface area contributed by atoms with E-state index in [0.717, 1.165) is 10.6 Å². The first-order valence-corrected chi connectivity index (χ1v) is 11.0. The minimum atomic E-state index is -0.419. The van der Waals surface area contributed by atoms with E-state index in [1.165, 1.54) is 18.4 Å². The summed E-state index contributed by atoms with van der Waals surface area (Å²) in [5, 5.41) is 6.28. The van der Waals surface area contributed by atoms with Crippen LogP contribution in [0.1, 0.15) is 10.4 Å². The fraction of sp³-hybridized carbons (Fsp3) is 0.0870. The minimum absolute atomic E-state index is 0.418. The number of methoxy groups -OCH3 is 1. The molecule has 0 atom stereocenters. The highest BCUT2D eigenvalue weighted by atomic mass is 35.5. The molecule has 1 heterocycles. The summed E-state index contributed by atoms with van der Waals surface area (Å²) in [6, 6.07) is 19.6. The summed E-state index contributed by atoms with van der Waals surface area (Å²) in [5.41, 5.74) is 1.98. The van der Waals surface area contributed by atoms with Crippen LogP contribution in [0.3, 0.4) is 0 Å². The lowest BCUT2D eigenvalue weighted by molar-refractivity contribution is 0.0600. The first-order chi connectivity index (χ1) is 15.4. The molecule has 9 heteroatoms. The lowest BCUT2D eigenvalue weighted by Crippen LogP contribution is -2.10. The molecule has 0 unspecified atom stereocenters. The number of carbonyl (C=O) groups is 1. The van der Waals surface area contributed by atoms with Gasteiger partial charge in [-0.2, -0.15) is 5.10 Å². The van der Waals surface area contributed by atoms with E-state index >= 15 is 0 Å². The number of rotatable bonds is 5.